The van der Waals surface area contributed by atoms with Gasteiger partial charge in [-0.3, -0.25) is 0 Å². The number of hydrogen-bond acceptors (Lipinski definition) is 4. The Bertz CT molecular complexity index is 674. The summed E-state index contributed by atoms with van der Waals surface area (Å²) < 4.78 is 5.49. The fourth-order valence-electron chi connectivity index (χ4n) is 1.92. The highest BCUT2D eigenvalue weighted by Crippen LogP contribution is 2.15. The molecule has 0 spiro atoms. The maximum Gasteiger partial charge on any atom is 0.159 e. The van der Waals surface area contributed by atoms with Gasteiger partial charge in [0.15, 0.2) is 5.82 Å². The van der Waals surface area contributed by atoms with Crippen LogP contribution in [-0.2, 0) is 6.54 Å². The minimum absolute atomic E-state index is 0.627. The molecule has 0 radical (unpaired) electrons. The second-order valence-electron chi connectivity index (χ2n) is 4.53. The van der Waals surface area contributed by atoms with Crippen LogP contribution in [0.5, 0.6) is 0 Å². The smallest absolute Gasteiger partial charge is 0.159 e. The van der Waals surface area contributed by atoms with E-state index < -0.39 is 0 Å². The molecule has 20 heavy (non-hydrogen) atoms. The zero-order chi connectivity index (χ0) is 13.8. The van der Waals surface area contributed by atoms with Gasteiger partial charge in [-0.15, -0.1) is 0 Å². The van der Waals surface area contributed by atoms with Crippen molar-refractivity contribution in [2.75, 3.05) is 5.32 Å². The van der Waals surface area contributed by atoms with Gasteiger partial charge < -0.3 is 9.73 Å². The van der Waals surface area contributed by atoms with E-state index in [1.165, 1.54) is 0 Å². The molecule has 0 aliphatic carbocycles. The van der Waals surface area contributed by atoms with Gasteiger partial charge in [0, 0.05) is 5.56 Å². The predicted octanol–water partition coefficient (Wildman–Crippen LogP) is 3.66. The van der Waals surface area contributed by atoms with E-state index in [1.807, 2.05) is 49.4 Å². The van der Waals surface area contributed by atoms with Gasteiger partial charge >= 0.3 is 0 Å². The molecule has 0 aliphatic rings. The molecule has 0 aliphatic heterocycles. The van der Waals surface area contributed by atoms with E-state index >= 15 is 0 Å². The van der Waals surface area contributed by atoms with Gasteiger partial charge in [-0.2, -0.15) is 0 Å². The minimum Gasteiger partial charge on any atom is -0.465 e. The van der Waals surface area contributed by atoms with Gasteiger partial charge in [0.1, 0.15) is 11.5 Å². The molecular formula is C16H15N3O. The SMILES string of the molecule is Cc1ccc(CNc2cnc(-c3ccccc3)nc2)o1. The van der Waals surface area contributed by atoms with Gasteiger partial charge in [0.05, 0.1) is 24.6 Å². The summed E-state index contributed by atoms with van der Waals surface area (Å²) >= 11 is 0. The molecule has 2 heterocycles. The van der Waals surface area contributed by atoms with Crippen molar-refractivity contribution in [2.45, 2.75) is 13.5 Å². The monoisotopic (exact) mass is 265 g/mol. The number of rotatable bonds is 4. The van der Waals surface area contributed by atoms with Gasteiger partial charge in [-0.25, -0.2) is 9.97 Å². The molecule has 0 atom stereocenters. The summed E-state index contributed by atoms with van der Waals surface area (Å²) in [4.78, 5) is 8.72. The highest BCUT2D eigenvalue weighted by molar-refractivity contribution is 5.55. The molecule has 3 aromatic rings. The van der Waals surface area contributed by atoms with Crippen molar-refractivity contribution in [3.63, 3.8) is 0 Å². The zero-order valence-electron chi connectivity index (χ0n) is 11.2. The molecule has 4 heteroatoms. The number of nitrogens with one attached hydrogen (secondary N) is 1. The van der Waals surface area contributed by atoms with Crippen LogP contribution in [0, 0.1) is 6.92 Å². The average Bonchev–Trinajstić information content (AvgIpc) is 2.92. The number of anilines is 1. The molecule has 0 saturated carbocycles. The Balaban J connectivity index is 1.67. The van der Waals surface area contributed by atoms with Crippen LogP contribution >= 0.6 is 0 Å². The molecule has 0 saturated heterocycles. The van der Waals surface area contributed by atoms with Crippen molar-refractivity contribution in [1.82, 2.24) is 9.97 Å². The van der Waals surface area contributed by atoms with Crippen molar-refractivity contribution in [1.29, 1.82) is 0 Å². The number of hydrogen-bond donors (Lipinski definition) is 1. The lowest BCUT2D eigenvalue weighted by atomic mass is 10.2. The fourth-order valence-corrected chi connectivity index (χ4v) is 1.92. The normalized spacial score (nSPS) is 10.4. The van der Waals surface area contributed by atoms with Crippen molar-refractivity contribution in [2.24, 2.45) is 0 Å². The molecule has 2 aromatic heterocycles. The quantitative estimate of drug-likeness (QED) is 0.782. The van der Waals surface area contributed by atoms with Crippen molar-refractivity contribution >= 4 is 5.69 Å². The minimum atomic E-state index is 0.627. The molecule has 0 unspecified atom stereocenters. The molecule has 100 valence electrons. The van der Waals surface area contributed by atoms with E-state index in [1.54, 1.807) is 12.4 Å². The molecular weight excluding hydrogens is 250 g/mol. The summed E-state index contributed by atoms with van der Waals surface area (Å²) in [5.41, 5.74) is 1.89. The molecule has 1 aromatic carbocycles. The van der Waals surface area contributed by atoms with Crippen LogP contribution < -0.4 is 5.32 Å². The Morgan fingerprint density at radius 3 is 2.40 bits per heavy atom. The number of nitrogens with zero attached hydrogens (tertiary/aromatic N) is 2. The maximum atomic E-state index is 5.49. The van der Waals surface area contributed by atoms with Crippen LogP contribution in [0.3, 0.4) is 0 Å². The Morgan fingerprint density at radius 1 is 1.00 bits per heavy atom. The van der Waals surface area contributed by atoms with Crippen LogP contribution in [-0.4, -0.2) is 9.97 Å². The van der Waals surface area contributed by atoms with E-state index in [-0.39, 0.29) is 0 Å². The van der Waals surface area contributed by atoms with Gasteiger partial charge in [0.2, 0.25) is 0 Å². The molecule has 0 amide bonds. The third-order valence-corrected chi connectivity index (χ3v) is 2.95. The Morgan fingerprint density at radius 2 is 1.75 bits per heavy atom. The maximum absolute atomic E-state index is 5.49. The Labute approximate surface area is 117 Å². The lowest BCUT2D eigenvalue weighted by molar-refractivity contribution is 0.490. The first kappa shape index (κ1) is 12.4. The average molecular weight is 265 g/mol. The fraction of sp³-hybridized carbons (Fsp3) is 0.125. The summed E-state index contributed by atoms with van der Waals surface area (Å²) in [7, 11) is 0. The van der Waals surface area contributed by atoms with Crippen LogP contribution in [0.25, 0.3) is 11.4 Å². The van der Waals surface area contributed by atoms with Gasteiger partial charge in [-0.05, 0) is 19.1 Å². The molecule has 1 N–H and O–H groups in total. The van der Waals surface area contributed by atoms with Crippen molar-refractivity contribution in [3.05, 3.63) is 66.4 Å². The summed E-state index contributed by atoms with van der Waals surface area (Å²) in [6.07, 6.45) is 3.57. The van der Waals surface area contributed by atoms with Crippen molar-refractivity contribution in [3.8, 4) is 11.4 Å². The molecule has 0 fully saturated rings. The largest absolute Gasteiger partial charge is 0.465 e. The lowest BCUT2D eigenvalue weighted by Gasteiger charge is -2.05. The highest BCUT2D eigenvalue weighted by Gasteiger charge is 2.02. The van der Waals surface area contributed by atoms with Gasteiger partial charge in [0.25, 0.3) is 0 Å². The molecule has 0 bridgehead atoms. The van der Waals surface area contributed by atoms with Crippen LogP contribution in [0.4, 0.5) is 5.69 Å². The predicted molar refractivity (Wildman–Crippen MR) is 78.2 cm³/mol. The van der Waals surface area contributed by atoms with E-state index in [9.17, 15) is 0 Å². The van der Waals surface area contributed by atoms with Gasteiger partial charge in [-0.1, -0.05) is 30.3 Å². The first-order chi connectivity index (χ1) is 9.81. The number of aryl methyl sites for hydroxylation is 1. The Hall–Kier alpha value is -2.62. The van der Waals surface area contributed by atoms with E-state index in [2.05, 4.69) is 15.3 Å². The van der Waals surface area contributed by atoms with Crippen LogP contribution in [0.2, 0.25) is 0 Å². The number of furan rings is 1. The Kier molecular flexibility index (Phi) is 3.46. The third kappa shape index (κ3) is 2.85. The van der Waals surface area contributed by atoms with Crippen molar-refractivity contribution < 1.29 is 4.42 Å². The zero-order valence-corrected chi connectivity index (χ0v) is 11.2. The van der Waals surface area contributed by atoms with E-state index in [4.69, 9.17) is 4.42 Å². The number of benzene rings is 1. The summed E-state index contributed by atoms with van der Waals surface area (Å²) in [6, 6.07) is 13.8. The lowest BCUT2D eigenvalue weighted by Crippen LogP contribution is -2.00. The third-order valence-electron chi connectivity index (χ3n) is 2.95. The van der Waals surface area contributed by atoms with E-state index in [0.29, 0.717) is 6.54 Å². The van der Waals surface area contributed by atoms with E-state index in [0.717, 1.165) is 28.6 Å². The summed E-state index contributed by atoms with van der Waals surface area (Å²) in [5.74, 6) is 2.54. The second kappa shape index (κ2) is 5.57. The topological polar surface area (TPSA) is 51.0 Å². The second-order valence-corrected chi connectivity index (χ2v) is 4.53. The first-order valence-electron chi connectivity index (χ1n) is 6.48. The summed E-state index contributed by atoms with van der Waals surface area (Å²) in [6.45, 7) is 2.56. The molecule has 3 rings (SSSR count). The van der Waals surface area contributed by atoms with Crippen LogP contribution in [0.1, 0.15) is 11.5 Å². The highest BCUT2D eigenvalue weighted by atomic mass is 16.3. The summed E-state index contributed by atoms with van der Waals surface area (Å²) in [5, 5.41) is 3.23. The standard InChI is InChI=1S/C16H15N3O/c1-12-7-8-15(20-12)11-17-14-9-18-16(19-10-14)13-5-3-2-4-6-13/h2-10,17H,11H2,1H3. The number of aromatic nitrogens is 2. The molecule has 4 nitrogen and oxygen atoms in total. The van der Waals surface area contributed by atoms with Crippen LogP contribution in [0.15, 0.2) is 59.3 Å². The first-order valence-corrected chi connectivity index (χ1v) is 6.48.